The molecule has 0 unspecified atom stereocenters. The summed E-state index contributed by atoms with van der Waals surface area (Å²) in [6.45, 7) is 3.78. The molecule has 1 heterocycles. The minimum absolute atomic E-state index is 0.110. The Morgan fingerprint density at radius 3 is 1.91 bits per heavy atom. The molecule has 2 N–H and O–H groups in total. The number of ether oxygens (including phenoxy) is 2. The Labute approximate surface area is 142 Å². The minimum atomic E-state index is -0.608. The normalized spacial score (nSPS) is 18.9. The molecule has 2 atom stereocenters. The summed E-state index contributed by atoms with van der Waals surface area (Å²) in [6, 6.07) is 0. The van der Waals surface area contributed by atoms with Gasteiger partial charge < -0.3 is 19.7 Å². The molecule has 0 bridgehead atoms. The van der Waals surface area contributed by atoms with Crippen LogP contribution in [-0.4, -0.2) is 41.9 Å². The highest BCUT2D eigenvalue weighted by Gasteiger charge is 2.18. The third-order valence-electron chi connectivity index (χ3n) is 4.63. The van der Waals surface area contributed by atoms with Crippen molar-refractivity contribution in [2.45, 2.75) is 109 Å². The van der Waals surface area contributed by atoms with E-state index < -0.39 is 12.2 Å². The maximum atomic E-state index is 10.0. The van der Waals surface area contributed by atoms with Gasteiger partial charge in [0.25, 0.3) is 0 Å². The summed E-state index contributed by atoms with van der Waals surface area (Å²) in [7, 11) is 0. The van der Waals surface area contributed by atoms with Crippen molar-refractivity contribution in [1.82, 2.24) is 0 Å². The van der Waals surface area contributed by atoms with Gasteiger partial charge in [-0.1, -0.05) is 58.3 Å². The Kier molecular flexibility index (Phi) is 12.9. The van der Waals surface area contributed by atoms with E-state index in [0.717, 1.165) is 38.9 Å². The van der Waals surface area contributed by atoms with Crippen molar-refractivity contribution >= 4 is 0 Å². The monoisotopic (exact) mass is 330 g/mol. The zero-order valence-electron chi connectivity index (χ0n) is 15.0. The Bertz CT molecular complexity index is 254. The molecule has 23 heavy (non-hydrogen) atoms. The zero-order chi connectivity index (χ0) is 16.8. The predicted octanol–water partition coefficient (Wildman–Crippen LogP) is 4.17. The van der Waals surface area contributed by atoms with E-state index in [4.69, 9.17) is 9.47 Å². The first-order valence-corrected chi connectivity index (χ1v) is 9.83. The van der Waals surface area contributed by atoms with E-state index in [2.05, 4.69) is 6.92 Å². The lowest BCUT2D eigenvalue weighted by atomic mass is 10.0. The van der Waals surface area contributed by atoms with Crippen molar-refractivity contribution in [3.8, 4) is 0 Å². The van der Waals surface area contributed by atoms with E-state index in [1.54, 1.807) is 0 Å². The van der Waals surface area contributed by atoms with Gasteiger partial charge in [-0.3, -0.25) is 0 Å². The number of aliphatic hydroxyl groups is 2. The fourth-order valence-electron chi connectivity index (χ4n) is 3.07. The van der Waals surface area contributed by atoms with Crippen molar-refractivity contribution in [3.05, 3.63) is 0 Å². The lowest BCUT2D eigenvalue weighted by Crippen LogP contribution is -2.28. The van der Waals surface area contributed by atoms with Crippen LogP contribution >= 0.6 is 0 Å². The van der Waals surface area contributed by atoms with Crippen LogP contribution in [0.4, 0.5) is 0 Å². The summed E-state index contributed by atoms with van der Waals surface area (Å²) >= 11 is 0. The van der Waals surface area contributed by atoms with Gasteiger partial charge in [0.05, 0.1) is 25.4 Å². The second kappa shape index (κ2) is 14.2. The van der Waals surface area contributed by atoms with Crippen molar-refractivity contribution in [1.29, 1.82) is 0 Å². The first-order chi connectivity index (χ1) is 11.2. The molecule has 1 fully saturated rings. The highest BCUT2D eigenvalue weighted by molar-refractivity contribution is 4.68. The van der Waals surface area contributed by atoms with Crippen molar-refractivity contribution in [2.24, 2.45) is 0 Å². The number of rotatable bonds is 14. The van der Waals surface area contributed by atoms with Crippen LogP contribution in [0, 0.1) is 0 Å². The largest absolute Gasteiger partial charge is 0.390 e. The van der Waals surface area contributed by atoms with Crippen LogP contribution in [0.15, 0.2) is 0 Å². The smallest absolute Gasteiger partial charge is 0.157 e. The van der Waals surface area contributed by atoms with Gasteiger partial charge in [-0.05, 0) is 32.1 Å². The third kappa shape index (κ3) is 11.1. The Morgan fingerprint density at radius 1 is 0.783 bits per heavy atom. The summed E-state index contributed by atoms with van der Waals surface area (Å²) < 4.78 is 11.0. The van der Waals surface area contributed by atoms with Gasteiger partial charge >= 0.3 is 0 Å². The minimum Gasteiger partial charge on any atom is -0.390 e. The molecule has 1 aliphatic rings. The molecule has 0 aliphatic carbocycles. The molecule has 0 aromatic carbocycles. The van der Waals surface area contributed by atoms with Crippen LogP contribution in [-0.2, 0) is 9.47 Å². The molecule has 1 saturated heterocycles. The summed E-state index contributed by atoms with van der Waals surface area (Å²) in [5.41, 5.74) is 0. The van der Waals surface area contributed by atoms with Gasteiger partial charge in [0.2, 0.25) is 0 Å². The van der Waals surface area contributed by atoms with Crippen LogP contribution in [0.25, 0.3) is 0 Å². The molecular formula is C19H38O4. The standard InChI is InChI=1S/C19H38O4/c1-2-3-4-5-6-7-8-9-12-17(20)18(21)13-10-14-19-22-15-11-16-23-19/h17-21H,2-16H2,1H3/t17-,18+/m1/s1. The molecule has 0 aromatic rings. The Balaban J connectivity index is 1.91. The average Bonchev–Trinajstić information content (AvgIpc) is 2.58. The molecule has 138 valence electrons. The van der Waals surface area contributed by atoms with Gasteiger partial charge in [-0.2, -0.15) is 0 Å². The van der Waals surface area contributed by atoms with E-state index in [9.17, 15) is 10.2 Å². The number of aliphatic hydroxyl groups excluding tert-OH is 2. The van der Waals surface area contributed by atoms with E-state index in [0.29, 0.717) is 12.8 Å². The van der Waals surface area contributed by atoms with Gasteiger partial charge in [0.15, 0.2) is 6.29 Å². The quantitative estimate of drug-likeness (QED) is 0.469. The van der Waals surface area contributed by atoms with Crippen LogP contribution in [0.5, 0.6) is 0 Å². The maximum Gasteiger partial charge on any atom is 0.157 e. The molecule has 0 amide bonds. The van der Waals surface area contributed by atoms with Crippen molar-refractivity contribution in [2.75, 3.05) is 13.2 Å². The van der Waals surface area contributed by atoms with Crippen LogP contribution in [0.1, 0.15) is 90.4 Å². The second-order valence-corrected chi connectivity index (χ2v) is 6.85. The lowest BCUT2D eigenvalue weighted by Gasteiger charge is -2.24. The van der Waals surface area contributed by atoms with E-state index in [1.807, 2.05) is 0 Å². The molecule has 4 heteroatoms. The highest BCUT2D eigenvalue weighted by Crippen LogP contribution is 2.16. The second-order valence-electron chi connectivity index (χ2n) is 6.85. The fourth-order valence-corrected chi connectivity index (χ4v) is 3.07. The fraction of sp³-hybridized carbons (Fsp3) is 1.00. The first-order valence-electron chi connectivity index (χ1n) is 9.83. The Morgan fingerprint density at radius 2 is 1.30 bits per heavy atom. The lowest BCUT2D eigenvalue weighted by molar-refractivity contribution is -0.182. The summed E-state index contributed by atoms with van der Waals surface area (Å²) in [4.78, 5) is 0. The van der Waals surface area contributed by atoms with E-state index in [-0.39, 0.29) is 6.29 Å². The van der Waals surface area contributed by atoms with Gasteiger partial charge in [-0.15, -0.1) is 0 Å². The molecule has 0 saturated carbocycles. The van der Waals surface area contributed by atoms with E-state index in [1.165, 1.54) is 44.9 Å². The molecule has 1 aliphatic heterocycles. The van der Waals surface area contributed by atoms with Crippen LogP contribution < -0.4 is 0 Å². The number of hydrogen-bond donors (Lipinski definition) is 2. The van der Waals surface area contributed by atoms with Crippen LogP contribution in [0.3, 0.4) is 0 Å². The molecular weight excluding hydrogens is 292 g/mol. The maximum absolute atomic E-state index is 10.0. The Hall–Kier alpha value is -0.160. The average molecular weight is 331 g/mol. The summed E-state index contributed by atoms with van der Waals surface area (Å²) in [5.74, 6) is 0. The SMILES string of the molecule is CCCCCCCCCC[C@@H](O)[C@@H](O)CCCC1OCCCO1. The van der Waals surface area contributed by atoms with Gasteiger partial charge in [-0.25, -0.2) is 0 Å². The van der Waals surface area contributed by atoms with Gasteiger partial charge in [0, 0.05) is 0 Å². The third-order valence-corrected chi connectivity index (χ3v) is 4.63. The summed E-state index contributed by atoms with van der Waals surface area (Å²) in [6.07, 6.45) is 12.7. The topological polar surface area (TPSA) is 58.9 Å². The van der Waals surface area contributed by atoms with Crippen molar-refractivity contribution < 1.29 is 19.7 Å². The predicted molar refractivity (Wildman–Crippen MR) is 93.4 cm³/mol. The number of unbranched alkanes of at least 4 members (excludes halogenated alkanes) is 7. The number of hydrogen-bond acceptors (Lipinski definition) is 4. The first kappa shape index (κ1) is 20.9. The summed E-state index contributed by atoms with van der Waals surface area (Å²) in [5, 5.41) is 20.0. The van der Waals surface area contributed by atoms with Crippen molar-refractivity contribution in [3.63, 3.8) is 0 Å². The highest BCUT2D eigenvalue weighted by atomic mass is 16.7. The molecule has 0 spiro atoms. The molecule has 4 nitrogen and oxygen atoms in total. The molecule has 1 rings (SSSR count). The van der Waals surface area contributed by atoms with Gasteiger partial charge in [0.1, 0.15) is 0 Å². The van der Waals surface area contributed by atoms with Crippen LogP contribution in [0.2, 0.25) is 0 Å². The zero-order valence-corrected chi connectivity index (χ0v) is 15.0. The van der Waals surface area contributed by atoms with E-state index >= 15 is 0 Å². The molecule has 0 aromatic heterocycles. The molecule has 0 radical (unpaired) electrons.